The minimum absolute atomic E-state index is 0.0899. The van der Waals surface area contributed by atoms with Crippen LogP contribution in [-0.2, 0) is 6.42 Å². The standard InChI is InChI=1S/C24H24N2O2S/c1-4-18-12-14-26(15-13-18)22(23(27)19-8-10-21(28-3)11-9-19)24(29)25-20-7-5-6-17(2)16-20/h5-16H,4H2,1-3H3,(H-,25,27,29)/p+1. The lowest BCUT2D eigenvalue weighted by Crippen LogP contribution is -2.38. The Morgan fingerprint density at radius 2 is 1.76 bits per heavy atom. The van der Waals surface area contributed by atoms with Crippen LogP contribution in [0.1, 0.15) is 23.6 Å². The van der Waals surface area contributed by atoms with Gasteiger partial charge in [0.25, 0.3) is 5.70 Å². The van der Waals surface area contributed by atoms with Crippen molar-refractivity contribution < 1.29 is 14.4 Å². The number of ether oxygens (including phenoxy) is 1. The number of aryl methyl sites for hydroxylation is 2. The largest absolute Gasteiger partial charge is 0.502 e. The Bertz CT molecular complexity index is 1030. The molecule has 0 saturated carbocycles. The Kier molecular flexibility index (Phi) is 6.62. The van der Waals surface area contributed by atoms with E-state index >= 15 is 0 Å². The molecule has 4 nitrogen and oxygen atoms in total. The summed E-state index contributed by atoms with van der Waals surface area (Å²) in [7, 11) is 1.61. The van der Waals surface area contributed by atoms with E-state index in [1.807, 2.05) is 84.5 Å². The zero-order chi connectivity index (χ0) is 20.8. The third-order valence-corrected chi connectivity index (χ3v) is 4.94. The maximum absolute atomic E-state index is 11.1. The zero-order valence-electron chi connectivity index (χ0n) is 16.8. The molecule has 148 valence electrons. The number of anilines is 1. The average Bonchev–Trinajstić information content (AvgIpc) is 2.74. The van der Waals surface area contributed by atoms with Crippen LogP contribution in [0.2, 0.25) is 0 Å². The van der Waals surface area contributed by atoms with Gasteiger partial charge in [-0.05, 0) is 60.9 Å². The summed E-state index contributed by atoms with van der Waals surface area (Å²) in [5.41, 5.74) is 4.38. The summed E-state index contributed by atoms with van der Waals surface area (Å²) < 4.78 is 7.05. The highest BCUT2D eigenvalue weighted by atomic mass is 32.1. The number of rotatable bonds is 6. The van der Waals surface area contributed by atoms with Crippen molar-refractivity contribution in [1.82, 2.24) is 0 Å². The van der Waals surface area contributed by atoms with Crippen molar-refractivity contribution in [1.29, 1.82) is 0 Å². The van der Waals surface area contributed by atoms with Crippen LogP contribution >= 0.6 is 12.2 Å². The van der Waals surface area contributed by atoms with E-state index in [-0.39, 0.29) is 5.76 Å². The van der Waals surface area contributed by atoms with Gasteiger partial charge in [-0.3, -0.25) is 0 Å². The van der Waals surface area contributed by atoms with E-state index in [1.165, 1.54) is 5.56 Å². The summed E-state index contributed by atoms with van der Waals surface area (Å²) in [6.45, 7) is 4.13. The fraction of sp³-hybridized carbons (Fsp3) is 0.167. The third-order valence-electron chi connectivity index (χ3n) is 4.64. The predicted octanol–water partition coefficient (Wildman–Crippen LogP) is 5.18. The van der Waals surface area contributed by atoms with E-state index in [0.29, 0.717) is 16.2 Å². The van der Waals surface area contributed by atoms with Crippen LogP contribution in [-0.4, -0.2) is 17.2 Å². The molecule has 0 unspecified atom stereocenters. The van der Waals surface area contributed by atoms with Gasteiger partial charge in [0, 0.05) is 23.4 Å². The van der Waals surface area contributed by atoms with Gasteiger partial charge in [0.2, 0.25) is 0 Å². The van der Waals surface area contributed by atoms with Crippen LogP contribution < -0.4 is 14.6 Å². The third kappa shape index (κ3) is 5.00. The van der Waals surface area contributed by atoms with Crippen LogP contribution in [0.25, 0.3) is 11.5 Å². The maximum Gasteiger partial charge on any atom is 0.288 e. The molecule has 0 amide bonds. The molecule has 5 heteroatoms. The van der Waals surface area contributed by atoms with Crippen molar-refractivity contribution in [2.24, 2.45) is 0 Å². The fourth-order valence-electron chi connectivity index (χ4n) is 2.99. The topological polar surface area (TPSA) is 45.4 Å². The molecule has 0 atom stereocenters. The average molecular weight is 406 g/mol. The Hall–Kier alpha value is -3.18. The molecule has 29 heavy (non-hydrogen) atoms. The van der Waals surface area contributed by atoms with Gasteiger partial charge in [-0.25, -0.2) is 0 Å². The number of nitrogens with zero attached hydrogens (tertiary/aromatic N) is 1. The summed E-state index contributed by atoms with van der Waals surface area (Å²) in [6.07, 6.45) is 4.77. The van der Waals surface area contributed by atoms with Gasteiger partial charge in [-0.2, -0.15) is 4.57 Å². The molecule has 0 radical (unpaired) electrons. The van der Waals surface area contributed by atoms with E-state index in [9.17, 15) is 5.11 Å². The molecule has 0 saturated heterocycles. The van der Waals surface area contributed by atoms with E-state index in [0.717, 1.165) is 23.4 Å². The van der Waals surface area contributed by atoms with E-state index in [1.54, 1.807) is 7.11 Å². The molecule has 3 rings (SSSR count). The summed E-state index contributed by atoms with van der Waals surface area (Å²) in [4.78, 5) is 0.429. The van der Waals surface area contributed by atoms with Gasteiger partial charge in [-0.15, -0.1) is 0 Å². The molecule has 3 aromatic rings. The maximum atomic E-state index is 11.1. The van der Waals surface area contributed by atoms with Crippen molar-refractivity contribution in [3.63, 3.8) is 0 Å². The second kappa shape index (κ2) is 9.34. The van der Waals surface area contributed by atoms with Gasteiger partial charge < -0.3 is 15.2 Å². The predicted molar refractivity (Wildman–Crippen MR) is 122 cm³/mol. The SMILES string of the molecule is CCc1cc[n+](C(C(=S)Nc2cccc(C)c2)=C(O)c2ccc(OC)cc2)cc1. The highest BCUT2D eigenvalue weighted by Gasteiger charge is 2.24. The molecule has 2 N–H and O–H groups in total. The number of pyridine rings is 1. The first-order valence-corrected chi connectivity index (χ1v) is 9.89. The second-order valence-corrected chi connectivity index (χ2v) is 7.12. The van der Waals surface area contributed by atoms with E-state index in [4.69, 9.17) is 17.0 Å². The summed E-state index contributed by atoms with van der Waals surface area (Å²) in [5, 5.41) is 14.4. The number of aliphatic hydroxyl groups is 1. The summed E-state index contributed by atoms with van der Waals surface area (Å²) in [5.74, 6) is 0.815. The Morgan fingerprint density at radius 3 is 2.34 bits per heavy atom. The molecular formula is C24H25N2O2S+. The number of nitrogens with one attached hydrogen (secondary N) is 1. The van der Waals surface area contributed by atoms with Gasteiger partial charge >= 0.3 is 0 Å². The molecule has 1 aromatic heterocycles. The first kappa shape index (κ1) is 20.6. The minimum atomic E-state index is 0.0899. The minimum Gasteiger partial charge on any atom is -0.502 e. The Balaban J connectivity index is 2.05. The molecule has 2 aromatic carbocycles. The number of aromatic nitrogens is 1. The molecule has 0 aliphatic heterocycles. The highest BCUT2D eigenvalue weighted by molar-refractivity contribution is 7.81. The molecule has 0 aliphatic carbocycles. The summed E-state index contributed by atoms with van der Waals surface area (Å²) in [6, 6.07) is 19.2. The van der Waals surface area contributed by atoms with Crippen molar-refractivity contribution in [3.05, 3.63) is 89.7 Å². The quantitative estimate of drug-likeness (QED) is 0.257. The zero-order valence-corrected chi connectivity index (χ0v) is 17.7. The lowest BCUT2D eigenvalue weighted by Gasteiger charge is -2.11. The van der Waals surface area contributed by atoms with Gasteiger partial charge in [0.1, 0.15) is 5.75 Å². The van der Waals surface area contributed by atoms with Crippen LogP contribution in [0, 0.1) is 6.92 Å². The molecule has 0 bridgehead atoms. The smallest absolute Gasteiger partial charge is 0.288 e. The second-order valence-electron chi connectivity index (χ2n) is 6.72. The van der Waals surface area contributed by atoms with Crippen LogP contribution in [0.5, 0.6) is 5.75 Å². The van der Waals surface area contributed by atoms with Crippen LogP contribution in [0.3, 0.4) is 0 Å². The van der Waals surface area contributed by atoms with Crippen molar-refractivity contribution >= 4 is 34.3 Å². The highest BCUT2D eigenvalue weighted by Crippen LogP contribution is 2.22. The van der Waals surface area contributed by atoms with Gasteiger partial charge in [0.15, 0.2) is 23.1 Å². The van der Waals surface area contributed by atoms with Gasteiger partial charge in [-0.1, -0.05) is 31.3 Å². The molecule has 0 aliphatic rings. The molecular weight excluding hydrogens is 380 g/mol. The first-order chi connectivity index (χ1) is 14.0. The lowest BCUT2D eigenvalue weighted by molar-refractivity contribution is -0.575. The van der Waals surface area contributed by atoms with Crippen molar-refractivity contribution in [2.45, 2.75) is 20.3 Å². The van der Waals surface area contributed by atoms with Crippen LogP contribution in [0.15, 0.2) is 73.1 Å². The number of benzene rings is 2. The first-order valence-electron chi connectivity index (χ1n) is 9.48. The number of hydrogen-bond donors (Lipinski definition) is 2. The molecule has 0 fully saturated rings. The number of methoxy groups -OCH3 is 1. The number of aliphatic hydroxyl groups excluding tert-OH is 1. The number of thiocarbonyl (C=S) groups is 1. The molecule has 1 heterocycles. The Labute approximate surface area is 177 Å². The van der Waals surface area contributed by atoms with Crippen LogP contribution in [0.4, 0.5) is 5.69 Å². The van der Waals surface area contributed by atoms with E-state index < -0.39 is 0 Å². The van der Waals surface area contributed by atoms with Gasteiger partial charge in [0.05, 0.1) is 7.11 Å². The lowest BCUT2D eigenvalue weighted by atomic mass is 10.1. The van der Waals surface area contributed by atoms with Crippen molar-refractivity contribution in [3.8, 4) is 5.75 Å². The monoisotopic (exact) mass is 405 g/mol. The van der Waals surface area contributed by atoms with Crippen molar-refractivity contribution in [2.75, 3.05) is 12.4 Å². The summed E-state index contributed by atoms with van der Waals surface area (Å²) >= 11 is 5.69. The molecule has 0 spiro atoms. The van der Waals surface area contributed by atoms with E-state index in [2.05, 4.69) is 12.2 Å². The normalized spacial score (nSPS) is 11.6. The Morgan fingerprint density at radius 1 is 1.07 bits per heavy atom. The number of hydrogen-bond acceptors (Lipinski definition) is 3. The fourth-order valence-corrected chi connectivity index (χ4v) is 3.31.